The molecule has 1 rings (SSSR count). The van der Waals surface area contributed by atoms with Crippen molar-refractivity contribution < 1.29 is 0 Å². The van der Waals surface area contributed by atoms with Crippen LogP contribution in [-0.4, -0.2) is 6.54 Å². The van der Waals surface area contributed by atoms with Crippen LogP contribution in [0.3, 0.4) is 0 Å². The summed E-state index contributed by atoms with van der Waals surface area (Å²) in [6.07, 6.45) is 17.2. The Bertz CT molecular complexity index is 188. The molecular weight excluding hydrogens is 218 g/mol. The van der Waals surface area contributed by atoms with Gasteiger partial charge in [-0.2, -0.15) is 0 Å². The molecule has 0 aromatic rings. The Hall–Kier alpha value is -0.0400. The summed E-state index contributed by atoms with van der Waals surface area (Å²) in [6, 6.07) is 0. The van der Waals surface area contributed by atoms with Gasteiger partial charge in [-0.3, -0.25) is 0 Å². The fourth-order valence-electron chi connectivity index (χ4n) is 3.82. The Kier molecular flexibility index (Phi) is 7.97. The van der Waals surface area contributed by atoms with Gasteiger partial charge in [-0.05, 0) is 50.0 Å². The number of unbranched alkanes of at least 4 members (excludes halogenated alkanes) is 5. The summed E-state index contributed by atoms with van der Waals surface area (Å²) >= 11 is 0. The maximum absolute atomic E-state index is 5.59. The zero-order chi connectivity index (χ0) is 13.3. The first-order valence-electron chi connectivity index (χ1n) is 8.42. The molecule has 108 valence electrons. The first-order chi connectivity index (χ1) is 8.72. The van der Waals surface area contributed by atoms with Crippen molar-refractivity contribution in [2.75, 3.05) is 6.54 Å². The van der Waals surface area contributed by atoms with Crippen molar-refractivity contribution in [3.05, 3.63) is 0 Å². The van der Waals surface area contributed by atoms with Crippen LogP contribution in [0, 0.1) is 11.3 Å². The standard InChI is InChI=1S/C17H35N/c1-3-4-5-7-11-17(12-8-6-9-14-18)13-10-16(2)15-17/h16H,3-15,18H2,1-2H3. The van der Waals surface area contributed by atoms with Gasteiger partial charge < -0.3 is 5.73 Å². The summed E-state index contributed by atoms with van der Waals surface area (Å²) in [7, 11) is 0. The van der Waals surface area contributed by atoms with Crippen LogP contribution in [-0.2, 0) is 0 Å². The average Bonchev–Trinajstić information content (AvgIpc) is 2.73. The molecular formula is C17H35N. The van der Waals surface area contributed by atoms with Gasteiger partial charge in [-0.15, -0.1) is 0 Å². The molecule has 0 heterocycles. The quantitative estimate of drug-likeness (QED) is 0.526. The van der Waals surface area contributed by atoms with Gasteiger partial charge in [0.2, 0.25) is 0 Å². The predicted octanol–water partition coefficient (Wildman–Crippen LogP) is 5.28. The lowest BCUT2D eigenvalue weighted by molar-refractivity contribution is 0.222. The molecule has 0 bridgehead atoms. The van der Waals surface area contributed by atoms with Crippen LogP contribution >= 0.6 is 0 Å². The van der Waals surface area contributed by atoms with Gasteiger partial charge >= 0.3 is 0 Å². The van der Waals surface area contributed by atoms with Gasteiger partial charge in [0, 0.05) is 0 Å². The Morgan fingerprint density at radius 2 is 1.67 bits per heavy atom. The molecule has 0 saturated heterocycles. The van der Waals surface area contributed by atoms with Crippen molar-refractivity contribution in [2.45, 2.75) is 90.9 Å². The molecule has 0 aromatic heterocycles. The molecule has 2 unspecified atom stereocenters. The van der Waals surface area contributed by atoms with Gasteiger partial charge in [-0.1, -0.05) is 58.8 Å². The predicted molar refractivity (Wildman–Crippen MR) is 81.7 cm³/mol. The first-order valence-corrected chi connectivity index (χ1v) is 8.42. The number of rotatable bonds is 10. The lowest BCUT2D eigenvalue weighted by atomic mass is 9.76. The second kappa shape index (κ2) is 8.96. The van der Waals surface area contributed by atoms with Crippen LogP contribution in [0.15, 0.2) is 0 Å². The summed E-state index contributed by atoms with van der Waals surface area (Å²) in [5.41, 5.74) is 6.32. The van der Waals surface area contributed by atoms with E-state index in [9.17, 15) is 0 Å². The van der Waals surface area contributed by atoms with Crippen molar-refractivity contribution in [3.8, 4) is 0 Å². The topological polar surface area (TPSA) is 26.0 Å². The zero-order valence-corrected chi connectivity index (χ0v) is 12.8. The van der Waals surface area contributed by atoms with Gasteiger partial charge in [0.25, 0.3) is 0 Å². The van der Waals surface area contributed by atoms with E-state index < -0.39 is 0 Å². The molecule has 1 heteroatoms. The Labute approximate surface area is 115 Å². The summed E-state index contributed by atoms with van der Waals surface area (Å²) < 4.78 is 0. The van der Waals surface area contributed by atoms with E-state index in [-0.39, 0.29) is 0 Å². The number of hydrogen-bond donors (Lipinski definition) is 1. The van der Waals surface area contributed by atoms with Crippen molar-refractivity contribution in [2.24, 2.45) is 17.1 Å². The molecule has 1 aliphatic rings. The molecule has 0 aliphatic heterocycles. The molecule has 1 nitrogen and oxygen atoms in total. The van der Waals surface area contributed by atoms with Crippen LogP contribution in [0.5, 0.6) is 0 Å². The molecule has 1 fully saturated rings. The van der Waals surface area contributed by atoms with Crippen LogP contribution < -0.4 is 5.73 Å². The van der Waals surface area contributed by atoms with Gasteiger partial charge in [0.15, 0.2) is 0 Å². The van der Waals surface area contributed by atoms with Crippen molar-refractivity contribution in [1.82, 2.24) is 0 Å². The molecule has 0 spiro atoms. The van der Waals surface area contributed by atoms with Crippen molar-refractivity contribution >= 4 is 0 Å². The third-order valence-electron chi connectivity index (χ3n) is 4.92. The minimum Gasteiger partial charge on any atom is -0.330 e. The Balaban J connectivity index is 2.29. The zero-order valence-electron chi connectivity index (χ0n) is 12.8. The van der Waals surface area contributed by atoms with E-state index in [4.69, 9.17) is 5.73 Å². The maximum Gasteiger partial charge on any atom is -0.00773 e. The van der Waals surface area contributed by atoms with E-state index in [2.05, 4.69) is 13.8 Å². The lowest BCUT2D eigenvalue weighted by Gasteiger charge is -2.30. The van der Waals surface area contributed by atoms with E-state index in [1.165, 1.54) is 77.0 Å². The third kappa shape index (κ3) is 5.73. The van der Waals surface area contributed by atoms with Crippen LogP contribution in [0.25, 0.3) is 0 Å². The second-order valence-corrected chi connectivity index (χ2v) is 6.76. The molecule has 0 amide bonds. The monoisotopic (exact) mass is 253 g/mol. The van der Waals surface area contributed by atoms with E-state index in [0.29, 0.717) is 0 Å². The summed E-state index contributed by atoms with van der Waals surface area (Å²) in [5.74, 6) is 0.977. The normalized spacial score (nSPS) is 27.8. The fourth-order valence-corrected chi connectivity index (χ4v) is 3.82. The largest absolute Gasteiger partial charge is 0.330 e. The van der Waals surface area contributed by atoms with E-state index in [1.54, 1.807) is 0 Å². The molecule has 18 heavy (non-hydrogen) atoms. The van der Waals surface area contributed by atoms with Crippen molar-refractivity contribution in [1.29, 1.82) is 0 Å². The highest BCUT2D eigenvalue weighted by Gasteiger charge is 2.35. The van der Waals surface area contributed by atoms with Gasteiger partial charge in [0.05, 0.1) is 0 Å². The molecule has 2 N–H and O–H groups in total. The fraction of sp³-hybridized carbons (Fsp3) is 1.00. The summed E-state index contributed by atoms with van der Waals surface area (Å²) in [4.78, 5) is 0. The average molecular weight is 253 g/mol. The minimum absolute atomic E-state index is 0.724. The minimum atomic E-state index is 0.724. The highest BCUT2D eigenvalue weighted by molar-refractivity contribution is 4.87. The smallest absolute Gasteiger partial charge is 0.00773 e. The highest BCUT2D eigenvalue weighted by Crippen LogP contribution is 2.48. The Morgan fingerprint density at radius 1 is 1.00 bits per heavy atom. The first kappa shape index (κ1) is 16.0. The van der Waals surface area contributed by atoms with Gasteiger partial charge in [-0.25, -0.2) is 0 Å². The van der Waals surface area contributed by atoms with E-state index in [0.717, 1.165) is 17.9 Å². The molecule has 2 atom stereocenters. The Morgan fingerprint density at radius 3 is 2.17 bits per heavy atom. The molecule has 0 radical (unpaired) electrons. The highest BCUT2D eigenvalue weighted by atomic mass is 14.5. The maximum atomic E-state index is 5.59. The van der Waals surface area contributed by atoms with Crippen molar-refractivity contribution in [3.63, 3.8) is 0 Å². The van der Waals surface area contributed by atoms with Crippen LogP contribution in [0.1, 0.15) is 90.9 Å². The molecule has 1 aliphatic carbocycles. The SMILES string of the molecule is CCCCCCC1(CCCCCN)CCC(C)C1. The molecule has 1 saturated carbocycles. The summed E-state index contributed by atoms with van der Waals surface area (Å²) in [5, 5.41) is 0. The van der Waals surface area contributed by atoms with Gasteiger partial charge in [0.1, 0.15) is 0 Å². The number of nitrogens with two attached hydrogens (primary N) is 1. The summed E-state index contributed by atoms with van der Waals surface area (Å²) in [6.45, 7) is 5.63. The van der Waals surface area contributed by atoms with Crippen LogP contribution in [0.4, 0.5) is 0 Å². The molecule has 0 aromatic carbocycles. The second-order valence-electron chi connectivity index (χ2n) is 6.76. The number of hydrogen-bond acceptors (Lipinski definition) is 1. The van der Waals surface area contributed by atoms with E-state index >= 15 is 0 Å². The van der Waals surface area contributed by atoms with E-state index in [1.807, 2.05) is 0 Å². The lowest BCUT2D eigenvalue weighted by Crippen LogP contribution is -2.17. The van der Waals surface area contributed by atoms with Crippen LogP contribution in [0.2, 0.25) is 0 Å². The third-order valence-corrected chi connectivity index (χ3v) is 4.92.